The maximum atomic E-state index is 11.5. The highest BCUT2D eigenvalue weighted by atomic mass is 16.7. The Kier molecular flexibility index (Phi) is 16.3. The van der Waals surface area contributed by atoms with Crippen molar-refractivity contribution in [3.8, 4) is 0 Å². The lowest BCUT2D eigenvalue weighted by Gasteiger charge is -2.42. The van der Waals surface area contributed by atoms with E-state index in [9.17, 15) is 40.5 Å². The molecule has 2 fully saturated rings. The van der Waals surface area contributed by atoms with Gasteiger partial charge in [-0.1, -0.05) is 45.4 Å². The van der Waals surface area contributed by atoms with E-state index in [2.05, 4.69) is 6.92 Å². The van der Waals surface area contributed by atoms with E-state index in [0.717, 1.165) is 19.3 Å². The monoisotopic (exact) mass is 584 g/mol. The summed E-state index contributed by atoms with van der Waals surface area (Å²) in [4.78, 5) is 11.5. The number of aliphatic hydroxyl groups excluding tert-OH is 7. The summed E-state index contributed by atoms with van der Waals surface area (Å²) in [6.07, 6.45) is -8.20. The van der Waals surface area contributed by atoms with Crippen molar-refractivity contribution in [1.29, 1.82) is 0 Å². The summed E-state index contributed by atoms with van der Waals surface area (Å²) >= 11 is 0. The van der Waals surface area contributed by atoms with E-state index in [1.807, 2.05) is 0 Å². The highest BCUT2D eigenvalue weighted by molar-refractivity contribution is 5.66. The number of ether oxygens (including phenoxy) is 6. The van der Waals surface area contributed by atoms with Crippen LogP contribution in [-0.4, -0.2) is 142 Å². The zero-order chi connectivity index (χ0) is 29.7. The molecule has 11 atom stereocenters. The number of carbonyl (C=O) groups is 1. The van der Waals surface area contributed by atoms with Gasteiger partial charge in [0.1, 0.15) is 54.9 Å². The molecule has 0 aromatic carbocycles. The van der Waals surface area contributed by atoms with Crippen LogP contribution < -0.4 is 0 Å². The predicted octanol–water partition coefficient (Wildman–Crippen LogP) is -1.67. The van der Waals surface area contributed by atoms with Gasteiger partial charge in [-0.3, -0.25) is 4.79 Å². The molecule has 0 bridgehead atoms. The van der Waals surface area contributed by atoms with Crippen LogP contribution in [0.4, 0.5) is 0 Å². The van der Waals surface area contributed by atoms with Crippen molar-refractivity contribution in [2.45, 2.75) is 126 Å². The minimum Gasteiger partial charge on any atom is -0.458 e. The van der Waals surface area contributed by atoms with Crippen LogP contribution in [0.25, 0.3) is 0 Å². The predicted molar refractivity (Wildman–Crippen MR) is 137 cm³/mol. The zero-order valence-corrected chi connectivity index (χ0v) is 23.3. The van der Waals surface area contributed by atoms with Crippen molar-refractivity contribution in [2.75, 3.05) is 33.0 Å². The molecule has 11 unspecified atom stereocenters. The third-order valence-electron chi connectivity index (χ3n) is 6.92. The molecule has 2 aliphatic heterocycles. The molecule has 7 N–H and O–H groups in total. The summed E-state index contributed by atoms with van der Waals surface area (Å²) in [5.74, 6) is -0.556. The van der Waals surface area contributed by atoms with E-state index in [1.165, 1.54) is 32.6 Å². The average molecular weight is 585 g/mol. The van der Waals surface area contributed by atoms with Crippen molar-refractivity contribution in [1.82, 2.24) is 0 Å². The van der Waals surface area contributed by atoms with Gasteiger partial charge in [-0.25, -0.2) is 0 Å². The molecule has 2 aliphatic rings. The van der Waals surface area contributed by atoms with Crippen molar-refractivity contribution in [2.24, 2.45) is 0 Å². The summed E-state index contributed by atoms with van der Waals surface area (Å²) in [6, 6.07) is 0. The average Bonchev–Trinajstić information content (AvgIpc) is 2.93. The number of rotatable bonds is 18. The number of unbranched alkanes of at least 4 members (excludes halogenated alkanes) is 6. The van der Waals surface area contributed by atoms with Gasteiger partial charge in [0, 0.05) is 13.5 Å². The molecule has 0 saturated carbocycles. The Labute approximate surface area is 234 Å². The van der Waals surface area contributed by atoms with Gasteiger partial charge in [-0.05, 0) is 6.42 Å². The third kappa shape index (κ3) is 11.0. The zero-order valence-electron chi connectivity index (χ0n) is 23.3. The van der Waals surface area contributed by atoms with Crippen molar-refractivity contribution < 1.29 is 69.0 Å². The first-order valence-electron chi connectivity index (χ1n) is 14.1. The molecule has 0 aromatic rings. The molecular weight excluding hydrogens is 536 g/mol. The van der Waals surface area contributed by atoms with Crippen LogP contribution in [0.15, 0.2) is 0 Å². The molecule has 0 amide bonds. The van der Waals surface area contributed by atoms with Gasteiger partial charge >= 0.3 is 5.97 Å². The minimum atomic E-state index is -1.69. The van der Waals surface area contributed by atoms with Gasteiger partial charge in [-0.15, -0.1) is 0 Å². The normalized spacial score (nSPS) is 35.4. The Balaban J connectivity index is 1.84. The van der Waals surface area contributed by atoms with Crippen LogP contribution in [0, 0.1) is 0 Å². The quantitative estimate of drug-likeness (QED) is 0.0709. The summed E-state index contributed by atoms with van der Waals surface area (Å²) < 4.78 is 32.7. The first kappa shape index (κ1) is 35.2. The van der Waals surface area contributed by atoms with Crippen molar-refractivity contribution in [3.63, 3.8) is 0 Å². The smallest absolute Gasteiger partial charge is 0.303 e. The highest BCUT2D eigenvalue weighted by Gasteiger charge is 2.47. The van der Waals surface area contributed by atoms with Gasteiger partial charge in [0.05, 0.1) is 26.4 Å². The fourth-order valence-corrected chi connectivity index (χ4v) is 4.52. The van der Waals surface area contributed by atoms with E-state index in [1.54, 1.807) is 0 Å². The first-order chi connectivity index (χ1) is 19.1. The summed E-state index contributed by atoms with van der Waals surface area (Å²) in [6.45, 7) is 2.57. The molecule has 236 valence electrons. The molecule has 14 nitrogen and oxygen atoms in total. The van der Waals surface area contributed by atoms with Gasteiger partial charge in [-0.2, -0.15) is 0 Å². The molecule has 14 heteroatoms. The van der Waals surface area contributed by atoms with E-state index in [4.69, 9.17) is 28.4 Å². The van der Waals surface area contributed by atoms with E-state index in [-0.39, 0.29) is 13.2 Å². The van der Waals surface area contributed by atoms with Crippen LogP contribution in [0.1, 0.15) is 58.8 Å². The summed E-state index contributed by atoms with van der Waals surface area (Å²) in [5, 5.41) is 70.3. The second kappa shape index (κ2) is 18.5. The van der Waals surface area contributed by atoms with Gasteiger partial charge in [0.2, 0.25) is 0 Å². The molecule has 0 radical (unpaired) electrons. The molecule has 40 heavy (non-hydrogen) atoms. The number of hydrogen-bond acceptors (Lipinski definition) is 14. The van der Waals surface area contributed by atoms with Crippen molar-refractivity contribution >= 4 is 5.97 Å². The molecule has 2 saturated heterocycles. The largest absolute Gasteiger partial charge is 0.458 e. The Morgan fingerprint density at radius 3 is 1.88 bits per heavy atom. The van der Waals surface area contributed by atoms with Crippen LogP contribution in [0.5, 0.6) is 0 Å². The van der Waals surface area contributed by atoms with E-state index >= 15 is 0 Å². The number of carbonyl (C=O) groups excluding carboxylic acids is 1. The van der Waals surface area contributed by atoms with Gasteiger partial charge in [0.25, 0.3) is 0 Å². The maximum absolute atomic E-state index is 11.5. The van der Waals surface area contributed by atoms with Crippen LogP contribution >= 0.6 is 0 Å². The van der Waals surface area contributed by atoms with Crippen LogP contribution in [0.3, 0.4) is 0 Å². The van der Waals surface area contributed by atoms with Gasteiger partial charge in [0.15, 0.2) is 12.6 Å². The third-order valence-corrected chi connectivity index (χ3v) is 6.92. The van der Waals surface area contributed by atoms with E-state index in [0.29, 0.717) is 6.61 Å². The lowest BCUT2D eigenvalue weighted by molar-refractivity contribution is -0.332. The van der Waals surface area contributed by atoms with Crippen molar-refractivity contribution in [3.05, 3.63) is 0 Å². The topological polar surface area (TPSA) is 214 Å². The second-order valence-corrected chi connectivity index (χ2v) is 10.3. The van der Waals surface area contributed by atoms with E-state index < -0.39 is 86.7 Å². The fraction of sp³-hybridized carbons (Fsp3) is 0.962. The standard InChI is InChI=1S/C26H48O14/c1-3-4-5-6-7-8-9-10-35-12-16(38-15(2)28)13-36-25-24(34)22(32)20(30)18(40-25)14-37-26-23(33)21(31)19(29)17(11-27)39-26/h16-27,29-34H,3-14H2,1-2H3. The number of aliphatic hydroxyl groups is 7. The SMILES string of the molecule is CCCCCCCCCOCC(COC1OC(COC2OC(CO)C(O)C(O)C2O)C(O)C(O)C1O)OC(C)=O. The summed E-state index contributed by atoms with van der Waals surface area (Å²) in [5.41, 5.74) is 0. The number of hydrogen-bond donors (Lipinski definition) is 7. The lowest BCUT2D eigenvalue weighted by atomic mass is 9.98. The minimum absolute atomic E-state index is 0.0487. The lowest BCUT2D eigenvalue weighted by Crippen LogP contribution is -2.61. The molecule has 2 heterocycles. The molecule has 2 rings (SSSR count). The Bertz CT molecular complexity index is 696. The number of esters is 1. The Morgan fingerprint density at radius 1 is 0.725 bits per heavy atom. The van der Waals surface area contributed by atoms with Crippen LogP contribution in [-0.2, 0) is 33.2 Å². The Hall–Kier alpha value is -1.01. The maximum Gasteiger partial charge on any atom is 0.303 e. The molecular formula is C26H48O14. The van der Waals surface area contributed by atoms with Crippen LogP contribution in [0.2, 0.25) is 0 Å². The molecule has 0 spiro atoms. The fourth-order valence-electron chi connectivity index (χ4n) is 4.52. The Morgan fingerprint density at radius 2 is 1.27 bits per heavy atom. The second-order valence-electron chi connectivity index (χ2n) is 10.3. The highest BCUT2D eigenvalue weighted by Crippen LogP contribution is 2.26. The first-order valence-corrected chi connectivity index (χ1v) is 14.1. The molecule has 0 aliphatic carbocycles. The van der Waals surface area contributed by atoms with Gasteiger partial charge < -0.3 is 64.2 Å². The summed E-state index contributed by atoms with van der Waals surface area (Å²) in [7, 11) is 0. The molecule has 0 aromatic heterocycles.